The van der Waals surface area contributed by atoms with E-state index in [1.165, 1.54) is 0 Å². The molecule has 0 saturated carbocycles. The molecule has 0 aromatic heterocycles. The summed E-state index contributed by atoms with van der Waals surface area (Å²) in [6.45, 7) is 0. The van der Waals surface area contributed by atoms with E-state index >= 15 is 0 Å². The van der Waals surface area contributed by atoms with E-state index in [0.29, 0.717) is 0 Å². The number of hydrogen-bond acceptors (Lipinski definition) is 2. The Labute approximate surface area is 127 Å². The van der Waals surface area contributed by atoms with Crippen molar-refractivity contribution in [1.82, 2.24) is 0 Å². The van der Waals surface area contributed by atoms with Crippen LogP contribution in [0.15, 0.2) is 0 Å². The Morgan fingerprint density at radius 2 is 1.12 bits per heavy atom. The molecule has 0 aliphatic heterocycles. The Morgan fingerprint density at radius 3 is 1.12 bits per heavy atom. The fraction of sp³-hybridized carbons (Fsp3) is 0. The van der Waals surface area contributed by atoms with Crippen LogP contribution < -0.4 is 0 Å². The van der Waals surface area contributed by atoms with Crippen molar-refractivity contribution in [2.75, 3.05) is 0 Å². The van der Waals surface area contributed by atoms with Crippen LogP contribution in [-0.2, 0) is 32.1 Å². The van der Waals surface area contributed by atoms with Gasteiger partial charge in [-0.2, -0.15) is 8.42 Å². The van der Waals surface area contributed by atoms with E-state index < -0.39 is 10.4 Å². The maximum atomic E-state index is 8.74. The second kappa shape index (κ2) is 10.2. The van der Waals surface area contributed by atoms with Crippen LogP contribution in [0.3, 0.4) is 0 Å². The van der Waals surface area contributed by atoms with Crippen LogP contribution in [0.1, 0.15) is 0 Å². The average molecular weight is 210 g/mol. The normalized spacial score (nSPS) is 7.25. The molecule has 4 nitrogen and oxygen atoms in total. The topological polar surface area (TPSA) is 74.6 Å². The zero-order valence-electron chi connectivity index (χ0n) is 2.62. The monoisotopic (exact) mass is 210 g/mol. The summed E-state index contributed by atoms with van der Waals surface area (Å²) >= 11 is 0. The van der Waals surface area contributed by atoms with Gasteiger partial charge in [-0.15, -0.1) is 0 Å². The Bertz CT molecular complexity index is 99.2. The van der Waals surface area contributed by atoms with Crippen LogP contribution in [0.5, 0.6) is 0 Å². The molecule has 0 radical (unpaired) electrons. The molecule has 0 amide bonds. The molecule has 0 heterocycles. The van der Waals surface area contributed by atoms with Crippen molar-refractivity contribution in [2.24, 2.45) is 0 Å². The Kier molecular flexibility index (Phi) is 28.7. The van der Waals surface area contributed by atoms with Gasteiger partial charge in [0.15, 0.2) is 0 Å². The van der Waals surface area contributed by atoms with Gasteiger partial charge in [-0.3, -0.25) is 9.11 Å². The van der Waals surface area contributed by atoms with Crippen molar-refractivity contribution in [3.8, 4) is 0 Å². The van der Waals surface area contributed by atoms with Gasteiger partial charge in [-0.25, -0.2) is 0 Å². The van der Waals surface area contributed by atoms with Crippen LogP contribution in [0.25, 0.3) is 0 Å². The summed E-state index contributed by atoms with van der Waals surface area (Å²) in [5.41, 5.74) is 0. The molecule has 8 heavy (non-hydrogen) atoms. The van der Waals surface area contributed by atoms with Crippen molar-refractivity contribution in [2.45, 2.75) is 0 Å². The minimum atomic E-state index is -4.67. The fourth-order valence-electron chi connectivity index (χ4n) is 0. The molecule has 0 fully saturated rings. The first-order valence-electron chi connectivity index (χ1n) is 0.698. The summed E-state index contributed by atoms with van der Waals surface area (Å²) in [5.74, 6) is 0. The quantitative estimate of drug-likeness (QED) is 0.360. The van der Waals surface area contributed by atoms with Gasteiger partial charge in [0.25, 0.3) is 0 Å². The summed E-state index contributed by atoms with van der Waals surface area (Å²) in [7, 11) is -4.67. The molecule has 0 spiro atoms. The smallest absolute Gasteiger partial charge is 0 e. The molecule has 0 rings (SSSR count). The molecule has 0 aliphatic rings. The zero-order chi connectivity index (χ0) is 4.50. The third kappa shape index (κ3) is 60.1. The SMILES string of the molecule is O=S(=O)(O)O.[KH].[NaH].[Ti]. The van der Waals surface area contributed by atoms with Crippen LogP contribution in [-0.4, -0.2) is 98.5 Å². The third-order valence-corrected chi connectivity index (χ3v) is 0. The number of hydrogen-bond donors (Lipinski definition) is 2. The van der Waals surface area contributed by atoms with E-state index in [0.717, 1.165) is 0 Å². The minimum absolute atomic E-state index is 0. The van der Waals surface area contributed by atoms with Gasteiger partial charge >= 0.3 is 91.3 Å². The van der Waals surface area contributed by atoms with E-state index in [2.05, 4.69) is 0 Å². The van der Waals surface area contributed by atoms with Crippen molar-refractivity contribution < 1.29 is 39.2 Å². The standard InChI is InChI=1S/K.Na.H2O4S.Ti.2H/c;;1-5(2,3)4;;;/h;;(H2,1,2,3,4);;;. The molecule has 0 atom stereocenters. The van der Waals surface area contributed by atoms with Crippen molar-refractivity contribution in [1.29, 1.82) is 0 Å². The van der Waals surface area contributed by atoms with E-state index in [1.54, 1.807) is 0 Å². The minimum Gasteiger partial charge on any atom is 0 e. The Morgan fingerprint density at radius 1 is 1.12 bits per heavy atom. The summed E-state index contributed by atoms with van der Waals surface area (Å²) in [5, 5.41) is 0. The van der Waals surface area contributed by atoms with Crippen LogP contribution in [0, 0.1) is 0 Å². The summed E-state index contributed by atoms with van der Waals surface area (Å²) in [6.07, 6.45) is 0. The first-order valence-corrected chi connectivity index (χ1v) is 2.10. The van der Waals surface area contributed by atoms with E-state index in [4.69, 9.17) is 17.5 Å². The van der Waals surface area contributed by atoms with Gasteiger partial charge < -0.3 is 0 Å². The molecule has 40 valence electrons. The molecule has 0 unspecified atom stereocenters. The molecule has 0 aromatic rings. The largest absolute Gasteiger partial charge is 0 e. The maximum Gasteiger partial charge on any atom is 0 e. The van der Waals surface area contributed by atoms with Gasteiger partial charge in [0.2, 0.25) is 0 Å². The molecular formula is H4KNaO4STi. The second-order valence-electron chi connectivity index (χ2n) is 0.448. The first-order chi connectivity index (χ1) is 2.00. The van der Waals surface area contributed by atoms with Crippen LogP contribution >= 0.6 is 0 Å². The predicted molar refractivity (Wildman–Crippen MR) is 28.5 cm³/mol. The molecule has 0 aromatic carbocycles. The molecule has 0 bridgehead atoms. The first kappa shape index (κ1) is 22.5. The van der Waals surface area contributed by atoms with Gasteiger partial charge in [0.05, 0.1) is 0 Å². The van der Waals surface area contributed by atoms with Crippen LogP contribution in [0.2, 0.25) is 0 Å². The molecule has 8 heteroatoms. The van der Waals surface area contributed by atoms with Gasteiger partial charge in [-0.1, -0.05) is 0 Å². The molecule has 2 N–H and O–H groups in total. The molecular weight excluding hydrogens is 206 g/mol. The van der Waals surface area contributed by atoms with Crippen LogP contribution in [0.4, 0.5) is 0 Å². The fourth-order valence-corrected chi connectivity index (χ4v) is 0. The van der Waals surface area contributed by atoms with Crippen molar-refractivity contribution in [3.05, 3.63) is 0 Å². The van der Waals surface area contributed by atoms with Gasteiger partial charge in [0.1, 0.15) is 0 Å². The zero-order valence-corrected chi connectivity index (χ0v) is 5.00. The number of rotatable bonds is 0. The van der Waals surface area contributed by atoms with Crippen molar-refractivity contribution in [3.63, 3.8) is 0 Å². The second-order valence-corrected chi connectivity index (χ2v) is 1.34. The van der Waals surface area contributed by atoms with E-state index in [-0.39, 0.29) is 103 Å². The van der Waals surface area contributed by atoms with Gasteiger partial charge in [0, 0.05) is 21.7 Å². The van der Waals surface area contributed by atoms with E-state index in [1.807, 2.05) is 0 Å². The third-order valence-electron chi connectivity index (χ3n) is 0. The van der Waals surface area contributed by atoms with Gasteiger partial charge in [-0.05, 0) is 0 Å². The molecule has 0 aliphatic carbocycles. The van der Waals surface area contributed by atoms with E-state index in [9.17, 15) is 0 Å². The summed E-state index contributed by atoms with van der Waals surface area (Å²) < 4.78 is 31.6. The predicted octanol–water partition coefficient (Wildman–Crippen LogP) is -1.95. The summed E-state index contributed by atoms with van der Waals surface area (Å²) in [6, 6.07) is 0. The maximum absolute atomic E-state index is 8.74. The molecule has 0 saturated heterocycles. The summed E-state index contributed by atoms with van der Waals surface area (Å²) in [4.78, 5) is 0. The van der Waals surface area contributed by atoms with Crippen molar-refractivity contribution >= 4 is 91.3 Å². The Balaban J connectivity index is -0.0000000267. The Hall–Kier alpha value is 3.22. The average Bonchev–Trinajstić information content (AvgIpc) is 0.722.